The fourth-order valence-electron chi connectivity index (χ4n) is 5.85. The van der Waals surface area contributed by atoms with E-state index in [4.69, 9.17) is 9.47 Å². The molecule has 6 nitrogen and oxygen atoms in total. The molecule has 128 valence electrons. The summed E-state index contributed by atoms with van der Waals surface area (Å²) in [4.78, 5) is 26.9. The first-order valence-corrected chi connectivity index (χ1v) is 8.75. The zero-order valence-corrected chi connectivity index (χ0v) is 13.3. The molecule has 6 rings (SSSR count). The van der Waals surface area contributed by atoms with Gasteiger partial charge in [-0.25, -0.2) is 0 Å². The fraction of sp³-hybridized carbons (Fsp3) is 0.474. The Labute approximate surface area is 144 Å². The summed E-state index contributed by atoms with van der Waals surface area (Å²) >= 11 is 0. The molecule has 1 aromatic rings. The van der Waals surface area contributed by atoms with Crippen LogP contribution in [0.2, 0.25) is 0 Å². The molecule has 7 atom stereocenters. The standard InChI is InChI=1S/C19H17NO5/c21-17-14-13(18(22)23)12-5-7-19(14,25-12)16-10-6-8-24-15(10)9-3-1-2-4-11(9)20(16)17/h1-5,7,10,12-16H,6,8H2,(H,22,23)/p-1/t10-,12+,13-,14+,15+,16-,19-/m0/s1. The van der Waals surface area contributed by atoms with Crippen LogP contribution in [-0.2, 0) is 19.1 Å². The van der Waals surface area contributed by atoms with Crippen molar-refractivity contribution in [2.24, 2.45) is 17.8 Å². The first-order chi connectivity index (χ1) is 12.1. The number of hydrogen-bond donors (Lipinski definition) is 0. The summed E-state index contributed by atoms with van der Waals surface area (Å²) in [7, 11) is 0. The van der Waals surface area contributed by atoms with Crippen LogP contribution in [0.4, 0.5) is 5.69 Å². The van der Waals surface area contributed by atoms with E-state index >= 15 is 0 Å². The highest BCUT2D eigenvalue weighted by molar-refractivity contribution is 6.04. The highest BCUT2D eigenvalue weighted by atomic mass is 16.5. The van der Waals surface area contributed by atoms with Crippen LogP contribution in [0.3, 0.4) is 0 Å². The summed E-state index contributed by atoms with van der Waals surface area (Å²) in [6.07, 6.45) is 3.91. The second kappa shape index (κ2) is 4.31. The average molecular weight is 338 g/mol. The lowest BCUT2D eigenvalue weighted by Gasteiger charge is -2.43. The normalized spacial score (nSPS) is 45.3. The minimum atomic E-state index is -1.21. The number of hydrogen-bond acceptors (Lipinski definition) is 5. The van der Waals surface area contributed by atoms with Crippen molar-refractivity contribution in [3.8, 4) is 0 Å². The third-order valence-corrected chi connectivity index (χ3v) is 6.65. The lowest BCUT2D eigenvalue weighted by atomic mass is 9.70. The summed E-state index contributed by atoms with van der Waals surface area (Å²) in [6, 6.07) is 7.54. The van der Waals surface area contributed by atoms with E-state index in [0.717, 1.165) is 17.7 Å². The van der Waals surface area contributed by atoms with Gasteiger partial charge in [0.05, 0.1) is 24.2 Å². The topological polar surface area (TPSA) is 78.9 Å². The van der Waals surface area contributed by atoms with Crippen LogP contribution in [0.5, 0.6) is 0 Å². The molecule has 0 radical (unpaired) electrons. The van der Waals surface area contributed by atoms with Gasteiger partial charge in [0.2, 0.25) is 5.91 Å². The van der Waals surface area contributed by atoms with Crippen molar-refractivity contribution >= 4 is 17.6 Å². The number of nitrogens with zero attached hydrogens (tertiary/aromatic N) is 1. The van der Waals surface area contributed by atoms with Crippen LogP contribution in [0, 0.1) is 17.8 Å². The number of fused-ring (bicyclic) bond motifs is 7. The van der Waals surface area contributed by atoms with Gasteiger partial charge in [0, 0.05) is 35.7 Å². The lowest BCUT2D eigenvalue weighted by Crippen LogP contribution is -2.53. The van der Waals surface area contributed by atoms with Crippen LogP contribution in [0.25, 0.3) is 0 Å². The Kier molecular flexibility index (Phi) is 2.42. The smallest absolute Gasteiger partial charge is 0.234 e. The van der Waals surface area contributed by atoms with Crippen molar-refractivity contribution in [3.05, 3.63) is 42.0 Å². The highest BCUT2D eigenvalue weighted by Crippen LogP contribution is 2.62. The molecule has 0 N–H and O–H groups in total. The molecule has 5 aliphatic rings. The molecular formula is C19H16NO5-. The number of carboxylic acids is 1. The van der Waals surface area contributed by atoms with E-state index in [1.807, 2.05) is 30.3 Å². The molecule has 0 aliphatic carbocycles. The third kappa shape index (κ3) is 1.42. The van der Waals surface area contributed by atoms with E-state index in [0.29, 0.717) is 6.61 Å². The molecule has 1 aromatic carbocycles. The van der Waals surface area contributed by atoms with Crippen LogP contribution in [0.15, 0.2) is 36.4 Å². The number of aliphatic carboxylic acids is 1. The molecule has 25 heavy (non-hydrogen) atoms. The van der Waals surface area contributed by atoms with Crippen LogP contribution in [0.1, 0.15) is 18.1 Å². The zero-order chi connectivity index (χ0) is 16.9. The number of ether oxygens (including phenoxy) is 2. The summed E-state index contributed by atoms with van der Waals surface area (Å²) < 4.78 is 12.2. The molecule has 1 spiro atoms. The Morgan fingerprint density at radius 3 is 3.00 bits per heavy atom. The Bertz CT molecular complexity index is 850. The van der Waals surface area contributed by atoms with Gasteiger partial charge in [0.15, 0.2) is 0 Å². The number of carbonyl (C=O) groups excluding carboxylic acids is 2. The minimum absolute atomic E-state index is 0.0728. The van der Waals surface area contributed by atoms with Crippen molar-refractivity contribution in [3.63, 3.8) is 0 Å². The largest absolute Gasteiger partial charge is 0.550 e. The number of amides is 1. The number of benzene rings is 1. The lowest BCUT2D eigenvalue weighted by molar-refractivity contribution is -0.313. The Morgan fingerprint density at radius 1 is 1.32 bits per heavy atom. The number of para-hydroxylation sites is 1. The van der Waals surface area contributed by atoms with Crippen molar-refractivity contribution in [2.75, 3.05) is 11.5 Å². The Hall–Kier alpha value is -2.18. The van der Waals surface area contributed by atoms with Crippen LogP contribution >= 0.6 is 0 Å². The quantitative estimate of drug-likeness (QED) is 0.683. The molecule has 5 heterocycles. The van der Waals surface area contributed by atoms with E-state index in [-0.39, 0.29) is 24.0 Å². The molecule has 6 heteroatoms. The fourth-order valence-corrected chi connectivity index (χ4v) is 5.85. The summed E-state index contributed by atoms with van der Waals surface area (Å²) in [6.45, 7) is 0.639. The van der Waals surface area contributed by atoms with E-state index in [9.17, 15) is 14.7 Å². The highest BCUT2D eigenvalue weighted by Gasteiger charge is 2.73. The Morgan fingerprint density at radius 2 is 2.16 bits per heavy atom. The van der Waals surface area contributed by atoms with Gasteiger partial charge in [0.1, 0.15) is 5.60 Å². The molecule has 3 saturated heterocycles. The first kappa shape index (κ1) is 14.0. The van der Waals surface area contributed by atoms with E-state index in [1.165, 1.54) is 0 Å². The second-order valence-electron chi connectivity index (χ2n) is 7.57. The van der Waals surface area contributed by atoms with Crippen LogP contribution < -0.4 is 10.0 Å². The first-order valence-electron chi connectivity index (χ1n) is 8.75. The molecular weight excluding hydrogens is 322 g/mol. The van der Waals surface area contributed by atoms with Crippen molar-refractivity contribution < 1.29 is 24.2 Å². The molecule has 2 bridgehead atoms. The third-order valence-electron chi connectivity index (χ3n) is 6.65. The van der Waals surface area contributed by atoms with Gasteiger partial charge in [-0.15, -0.1) is 0 Å². The van der Waals surface area contributed by atoms with E-state index in [2.05, 4.69) is 0 Å². The summed E-state index contributed by atoms with van der Waals surface area (Å²) in [5.74, 6) is -2.90. The zero-order valence-electron chi connectivity index (χ0n) is 13.3. The number of rotatable bonds is 1. The molecule has 0 aromatic heterocycles. The SMILES string of the molecule is O=C([O-])[C@H]1[C@H]2C=C[C@@]3(O2)[C@@H]2[C@H]4CCO[C@@H]4c4ccccc4N2C(=O)[C@@H]13. The molecule has 0 unspecified atom stereocenters. The van der Waals surface area contributed by atoms with Gasteiger partial charge >= 0.3 is 0 Å². The second-order valence-corrected chi connectivity index (χ2v) is 7.57. The van der Waals surface area contributed by atoms with Gasteiger partial charge < -0.3 is 24.3 Å². The average Bonchev–Trinajstić information content (AvgIpc) is 3.35. The predicted molar refractivity (Wildman–Crippen MR) is 83.2 cm³/mol. The van der Waals surface area contributed by atoms with Crippen molar-refractivity contribution in [1.82, 2.24) is 0 Å². The van der Waals surface area contributed by atoms with Crippen LogP contribution in [-0.4, -0.2) is 36.2 Å². The summed E-state index contributed by atoms with van der Waals surface area (Å²) in [5, 5.41) is 11.7. The maximum atomic E-state index is 13.4. The van der Waals surface area contributed by atoms with Gasteiger partial charge in [0.25, 0.3) is 0 Å². The van der Waals surface area contributed by atoms with Crippen molar-refractivity contribution in [1.29, 1.82) is 0 Å². The van der Waals surface area contributed by atoms with Gasteiger partial charge in [-0.3, -0.25) is 4.79 Å². The number of anilines is 1. The van der Waals surface area contributed by atoms with Crippen molar-refractivity contribution in [2.45, 2.75) is 30.3 Å². The van der Waals surface area contributed by atoms with Gasteiger partial charge in [-0.1, -0.05) is 30.4 Å². The summed E-state index contributed by atoms with van der Waals surface area (Å²) in [5.41, 5.74) is 0.952. The van der Waals surface area contributed by atoms with Gasteiger partial charge in [-0.2, -0.15) is 0 Å². The molecule has 0 saturated carbocycles. The maximum absolute atomic E-state index is 13.4. The maximum Gasteiger partial charge on any atom is 0.234 e. The molecule has 5 aliphatic heterocycles. The monoisotopic (exact) mass is 338 g/mol. The molecule has 1 amide bonds. The number of carboxylic acid groups (broad SMARTS) is 1. The minimum Gasteiger partial charge on any atom is -0.550 e. The van der Waals surface area contributed by atoms with E-state index in [1.54, 1.807) is 11.0 Å². The predicted octanol–water partition coefficient (Wildman–Crippen LogP) is 0.183. The van der Waals surface area contributed by atoms with E-state index < -0.39 is 29.5 Å². The number of carbonyl (C=O) groups is 2. The molecule has 3 fully saturated rings. The van der Waals surface area contributed by atoms with Gasteiger partial charge in [-0.05, 0) is 12.5 Å². The Balaban J connectivity index is 1.59.